The molecule has 0 bridgehead atoms. The highest BCUT2D eigenvalue weighted by molar-refractivity contribution is 5.74. The zero-order valence-corrected chi connectivity index (χ0v) is 13.6. The molecule has 1 fully saturated rings. The Morgan fingerprint density at radius 1 is 1.25 bits per heavy atom. The maximum Gasteiger partial charge on any atom is 0.320 e. The molecule has 8 heteroatoms. The molecule has 8 nitrogen and oxygen atoms in total. The molecule has 1 aliphatic rings. The minimum Gasteiger partial charge on any atom is -0.480 e. The van der Waals surface area contributed by atoms with Crippen LogP contribution < -0.4 is 16.8 Å². The molecule has 2 rings (SSSR count). The van der Waals surface area contributed by atoms with Gasteiger partial charge in [-0.15, -0.1) is 0 Å². The SMILES string of the molecule is NCCO.N[C@@H](Cc1ccccc1)C(=O)O.O=C(O)[C@@H]1CCCN1. The van der Waals surface area contributed by atoms with E-state index < -0.39 is 18.0 Å². The smallest absolute Gasteiger partial charge is 0.320 e. The monoisotopic (exact) mass is 341 g/mol. The van der Waals surface area contributed by atoms with Crippen LogP contribution >= 0.6 is 0 Å². The number of nitrogens with one attached hydrogen (secondary N) is 1. The number of hydrogen-bond donors (Lipinski definition) is 6. The number of aliphatic carboxylic acids is 2. The topological polar surface area (TPSA) is 159 Å². The second kappa shape index (κ2) is 13.4. The van der Waals surface area contributed by atoms with Crippen LogP contribution in [0.1, 0.15) is 18.4 Å². The largest absolute Gasteiger partial charge is 0.480 e. The summed E-state index contributed by atoms with van der Waals surface area (Å²) in [5.74, 6) is -1.68. The Bertz CT molecular complexity index is 462. The lowest BCUT2D eigenvalue weighted by molar-refractivity contribution is -0.139. The van der Waals surface area contributed by atoms with Crippen molar-refractivity contribution in [3.63, 3.8) is 0 Å². The van der Waals surface area contributed by atoms with Gasteiger partial charge in [0.1, 0.15) is 12.1 Å². The van der Waals surface area contributed by atoms with E-state index in [1.165, 1.54) is 0 Å². The average Bonchev–Trinajstić information content (AvgIpc) is 3.11. The Morgan fingerprint density at radius 2 is 1.83 bits per heavy atom. The Hall–Kier alpha value is -2.00. The van der Waals surface area contributed by atoms with Crippen molar-refractivity contribution in [2.45, 2.75) is 31.3 Å². The van der Waals surface area contributed by atoms with Crippen molar-refractivity contribution in [3.05, 3.63) is 35.9 Å². The van der Waals surface area contributed by atoms with Crippen LogP contribution in [0.2, 0.25) is 0 Å². The summed E-state index contributed by atoms with van der Waals surface area (Å²) in [6.07, 6.45) is 2.17. The molecule has 0 radical (unpaired) electrons. The Labute approximate surface area is 141 Å². The van der Waals surface area contributed by atoms with Gasteiger partial charge >= 0.3 is 11.9 Å². The second-order valence-corrected chi connectivity index (χ2v) is 5.13. The third kappa shape index (κ3) is 10.7. The number of carboxylic acids is 2. The summed E-state index contributed by atoms with van der Waals surface area (Å²) >= 11 is 0. The average molecular weight is 341 g/mol. The van der Waals surface area contributed by atoms with E-state index >= 15 is 0 Å². The first-order valence-corrected chi connectivity index (χ1v) is 7.71. The normalized spacial score (nSPS) is 16.9. The summed E-state index contributed by atoms with van der Waals surface area (Å²) < 4.78 is 0. The van der Waals surface area contributed by atoms with Crippen LogP contribution in [-0.2, 0) is 16.0 Å². The third-order valence-electron chi connectivity index (χ3n) is 3.10. The van der Waals surface area contributed by atoms with Gasteiger partial charge in [0.25, 0.3) is 0 Å². The zero-order valence-electron chi connectivity index (χ0n) is 13.6. The summed E-state index contributed by atoms with van der Waals surface area (Å²) in [5.41, 5.74) is 11.1. The van der Waals surface area contributed by atoms with Crippen molar-refractivity contribution >= 4 is 11.9 Å². The van der Waals surface area contributed by atoms with Crippen LogP contribution in [-0.4, -0.2) is 59.0 Å². The van der Waals surface area contributed by atoms with Crippen LogP contribution in [0, 0.1) is 0 Å². The first-order chi connectivity index (χ1) is 11.4. The van der Waals surface area contributed by atoms with Gasteiger partial charge in [0.05, 0.1) is 6.61 Å². The minimum absolute atomic E-state index is 0.0972. The summed E-state index contributed by atoms with van der Waals surface area (Å²) in [6, 6.07) is 8.28. The first kappa shape index (κ1) is 22.0. The van der Waals surface area contributed by atoms with E-state index in [2.05, 4.69) is 5.32 Å². The second-order valence-electron chi connectivity index (χ2n) is 5.13. The summed E-state index contributed by atoms with van der Waals surface area (Å²) in [4.78, 5) is 20.5. The van der Waals surface area contributed by atoms with Crippen LogP contribution in [0.25, 0.3) is 0 Å². The Balaban J connectivity index is 0.000000379. The highest BCUT2D eigenvalue weighted by Gasteiger charge is 2.20. The van der Waals surface area contributed by atoms with Crippen molar-refractivity contribution < 1.29 is 24.9 Å². The molecule has 1 aliphatic heterocycles. The fourth-order valence-electron chi connectivity index (χ4n) is 1.85. The van der Waals surface area contributed by atoms with Gasteiger partial charge < -0.3 is 32.1 Å². The molecule has 1 saturated heterocycles. The highest BCUT2D eigenvalue weighted by Crippen LogP contribution is 2.03. The number of hydrogen-bond acceptors (Lipinski definition) is 6. The molecule has 136 valence electrons. The molecule has 0 saturated carbocycles. The lowest BCUT2D eigenvalue weighted by atomic mass is 10.1. The van der Waals surface area contributed by atoms with E-state index in [9.17, 15) is 9.59 Å². The van der Waals surface area contributed by atoms with Gasteiger partial charge in [-0.05, 0) is 31.4 Å². The zero-order chi connectivity index (χ0) is 18.4. The molecular weight excluding hydrogens is 314 g/mol. The first-order valence-electron chi connectivity index (χ1n) is 7.71. The van der Waals surface area contributed by atoms with Gasteiger partial charge in [-0.2, -0.15) is 0 Å². The van der Waals surface area contributed by atoms with Crippen molar-refractivity contribution in [1.82, 2.24) is 5.32 Å². The molecule has 0 spiro atoms. The maximum atomic E-state index is 10.4. The van der Waals surface area contributed by atoms with E-state index in [0.29, 0.717) is 13.0 Å². The quantitative estimate of drug-likeness (QED) is 0.414. The molecule has 1 aromatic carbocycles. The lowest BCUT2D eigenvalue weighted by Gasteiger charge is -2.04. The molecule has 8 N–H and O–H groups in total. The maximum absolute atomic E-state index is 10.4. The van der Waals surface area contributed by atoms with Crippen molar-refractivity contribution in [1.29, 1.82) is 0 Å². The number of nitrogens with two attached hydrogens (primary N) is 2. The molecule has 24 heavy (non-hydrogen) atoms. The number of benzene rings is 1. The van der Waals surface area contributed by atoms with Crippen molar-refractivity contribution in [2.75, 3.05) is 19.7 Å². The van der Waals surface area contributed by atoms with Crippen molar-refractivity contribution in [3.8, 4) is 0 Å². The van der Waals surface area contributed by atoms with E-state index in [1.54, 1.807) is 0 Å². The number of rotatable bonds is 5. The molecule has 0 aromatic heterocycles. The van der Waals surface area contributed by atoms with E-state index in [1.807, 2.05) is 30.3 Å². The third-order valence-corrected chi connectivity index (χ3v) is 3.10. The van der Waals surface area contributed by atoms with Crippen molar-refractivity contribution in [2.24, 2.45) is 11.5 Å². The molecular formula is C16H27N3O5. The van der Waals surface area contributed by atoms with E-state index in [4.69, 9.17) is 26.8 Å². The predicted molar refractivity (Wildman–Crippen MR) is 90.6 cm³/mol. The Morgan fingerprint density at radius 3 is 2.17 bits per heavy atom. The van der Waals surface area contributed by atoms with E-state index in [0.717, 1.165) is 24.9 Å². The highest BCUT2D eigenvalue weighted by atomic mass is 16.4. The van der Waals surface area contributed by atoms with Gasteiger partial charge in [0.15, 0.2) is 0 Å². The predicted octanol–water partition coefficient (Wildman–Crippen LogP) is -0.599. The van der Waals surface area contributed by atoms with Gasteiger partial charge in [-0.25, -0.2) is 0 Å². The molecule has 2 atom stereocenters. The van der Waals surface area contributed by atoms with Crippen LogP contribution in [0.5, 0.6) is 0 Å². The fraction of sp³-hybridized carbons (Fsp3) is 0.500. The van der Waals surface area contributed by atoms with E-state index in [-0.39, 0.29) is 12.6 Å². The number of aliphatic hydroxyl groups is 1. The molecule has 0 aliphatic carbocycles. The van der Waals surface area contributed by atoms with Crippen LogP contribution in [0.3, 0.4) is 0 Å². The van der Waals surface area contributed by atoms with Gasteiger partial charge in [-0.1, -0.05) is 30.3 Å². The standard InChI is InChI=1S/C9H11NO2.C5H9NO2.C2H7NO/c10-8(9(11)12)6-7-4-2-1-3-5-7;7-5(8)4-2-1-3-6-4;3-1-2-4/h1-5,8H,6,10H2,(H,11,12);4,6H,1-3H2,(H,7,8);4H,1-3H2/t8-;4-;/m00./s1. The van der Waals surface area contributed by atoms with Crippen LogP contribution in [0.15, 0.2) is 30.3 Å². The molecule has 0 unspecified atom stereocenters. The summed E-state index contributed by atoms with van der Waals surface area (Å²) in [5, 5.41) is 27.5. The number of carboxylic acid groups (broad SMARTS) is 2. The molecule has 1 aromatic rings. The summed E-state index contributed by atoms with van der Waals surface area (Å²) in [7, 11) is 0. The minimum atomic E-state index is -0.959. The van der Waals surface area contributed by atoms with Crippen LogP contribution in [0.4, 0.5) is 0 Å². The number of carbonyl (C=O) groups is 2. The number of aliphatic hydroxyl groups excluding tert-OH is 1. The molecule has 0 amide bonds. The fourth-order valence-corrected chi connectivity index (χ4v) is 1.85. The van der Waals surface area contributed by atoms with Gasteiger partial charge in [0, 0.05) is 6.54 Å². The van der Waals surface area contributed by atoms with Gasteiger partial charge in [0.2, 0.25) is 0 Å². The summed E-state index contributed by atoms with van der Waals surface area (Å²) in [6.45, 7) is 1.33. The Kier molecular flexibility index (Phi) is 12.3. The molecule has 1 heterocycles. The lowest BCUT2D eigenvalue weighted by Crippen LogP contribution is -2.32. The van der Waals surface area contributed by atoms with Gasteiger partial charge in [-0.3, -0.25) is 9.59 Å².